The molecule has 0 aromatic rings. The smallest absolute Gasteiger partial charge is 0.302 e. The summed E-state index contributed by atoms with van der Waals surface area (Å²) in [6.07, 6.45) is 2.72. The summed E-state index contributed by atoms with van der Waals surface area (Å²) in [5, 5.41) is 0. The summed E-state index contributed by atoms with van der Waals surface area (Å²) in [5.41, 5.74) is 5.84. The second-order valence-electron chi connectivity index (χ2n) is 2.05. The molecule has 0 saturated carbocycles. The lowest BCUT2D eigenvalue weighted by molar-refractivity contribution is -0.139. The number of ether oxygens (including phenoxy) is 1. The fourth-order valence-corrected chi connectivity index (χ4v) is 0.423. The van der Waals surface area contributed by atoms with Crippen LogP contribution in [0.3, 0.4) is 0 Å². The Balaban J connectivity index is 3.68. The van der Waals surface area contributed by atoms with Crippen LogP contribution < -0.4 is 5.73 Å². The summed E-state index contributed by atoms with van der Waals surface area (Å²) in [5.74, 6) is -0.297. The van der Waals surface area contributed by atoms with Crippen molar-refractivity contribution in [1.29, 1.82) is 0 Å². The third-order valence-electron chi connectivity index (χ3n) is 0.884. The molecule has 0 aliphatic carbocycles. The lowest BCUT2D eigenvalue weighted by Crippen LogP contribution is -2.01. The molecular weight excluding hydrogens is 144 g/mol. The number of rotatable bonds is 3. The maximum atomic E-state index is 10.3. The molecule has 4 heteroatoms. The van der Waals surface area contributed by atoms with E-state index in [0.29, 0.717) is 0 Å². The monoisotopic (exact) mass is 156 g/mol. The molecule has 0 aromatic heterocycles. The van der Waals surface area contributed by atoms with E-state index in [2.05, 4.69) is 9.73 Å². The number of hydrogen-bond donors (Lipinski definition) is 1. The van der Waals surface area contributed by atoms with Crippen molar-refractivity contribution in [2.75, 3.05) is 6.61 Å². The SMILES string of the molecule is CC(=O)OC/C(C)=C/N=CN. The Hall–Kier alpha value is -1.32. The van der Waals surface area contributed by atoms with Crippen molar-refractivity contribution < 1.29 is 9.53 Å². The van der Waals surface area contributed by atoms with Crippen LogP contribution in [0.1, 0.15) is 13.8 Å². The molecule has 2 N–H and O–H groups in total. The van der Waals surface area contributed by atoms with Crippen LogP contribution in [-0.2, 0) is 9.53 Å². The molecule has 0 heterocycles. The van der Waals surface area contributed by atoms with E-state index in [9.17, 15) is 4.79 Å². The first-order chi connectivity index (χ1) is 5.16. The van der Waals surface area contributed by atoms with Gasteiger partial charge in [-0.05, 0) is 12.5 Å². The van der Waals surface area contributed by atoms with E-state index in [0.717, 1.165) is 5.57 Å². The molecule has 0 aliphatic heterocycles. The molecule has 0 aliphatic rings. The van der Waals surface area contributed by atoms with Crippen molar-refractivity contribution in [3.63, 3.8) is 0 Å². The topological polar surface area (TPSA) is 64.7 Å². The van der Waals surface area contributed by atoms with Crippen molar-refractivity contribution in [1.82, 2.24) is 0 Å². The third kappa shape index (κ3) is 6.57. The number of nitrogens with two attached hydrogens (primary N) is 1. The molecule has 0 atom stereocenters. The van der Waals surface area contributed by atoms with Crippen LogP contribution in [0.5, 0.6) is 0 Å². The number of carbonyl (C=O) groups excluding carboxylic acids is 1. The van der Waals surface area contributed by atoms with Gasteiger partial charge in [-0.2, -0.15) is 0 Å². The minimum absolute atomic E-state index is 0.271. The first-order valence-electron chi connectivity index (χ1n) is 3.19. The van der Waals surface area contributed by atoms with Crippen LogP contribution in [0.4, 0.5) is 0 Å². The Morgan fingerprint density at radius 1 is 1.64 bits per heavy atom. The molecular formula is C7H12N2O2. The zero-order valence-corrected chi connectivity index (χ0v) is 6.70. The van der Waals surface area contributed by atoms with Crippen LogP contribution in [0.2, 0.25) is 0 Å². The standard InChI is InChI=1S/C7H12N2O2/c1-6(3-9-5-8)4-11-7(2)10/h3,5H,4H2,1-2H3,(H2,8,9)/b6-3+. The summed E-state index contributed by atoms with van der Waals surface area (Å²) < 4.78 is 4.68. The molecule has 4 nitrogen and oxygen atoms in total. The molecule has 0 aromatic carbocycles. The van der Waals surface area contributed by atoms with Gasteiger partial charge in [0.2, 0.25) is 0 Å². The highest BCUT2D eigenvalue weighted by Gasteiger charge is 1.92. The number of esters is 1. The normalized spacial score (nSPS) is 12.0. The van der Waals surface area contributed by atoms with E-state index in [1.54, 1.807) is 13.1 Å². The number of nitrogens with zero attached hydrogens (tertiary/aromatic N) is 1. The van der Waals surface area contributed by atoms with Gasteiger partial charge < -0.3 is 10.5 Å². The summed E-state index contributed by atoms with van der Waals surface area (Å²) in [6.45, 7) is 3.43. The Morgan fingerprint density at radius 3 is 2.73 bits per heavy atom. The molecule has 11 heavy (non-hydrogen) atoms. The largest absolute Gasteiger partial charge is 0.461 e. The molecule has 0 unspecified atom stereocenters. The van der Waals surface area contributed by atoms with Crippen LogP contribution in [-0.4, -0.2) is 18.9 Å². The maximum absolute atomic E-state index is 10.3. The Labute approximate surface area is 65.7 Å². The molecule has 0 saturated heterocycles. The van der Waals surface area contributed by atoms with E-state index in [-0.39, 0.29) is 12.6 Å². The van der Waals surface area contributed by atoms with Gasteiger partial charge in [-0.3, -0.25) is 4.79 Å². The van der Waals surface area contributed by atoms with Gasteiger partial charge >= 0.3 is 5.97 Å². The van der Waals surface area contributed by atoms with Gasteiger partial charge in [0.05, 0.1) is 6.34 Å². The van der Waals surface area contributed by atoms with Crippen LogP contribution in [0.15, 0.2) is 16.8 Å². The van der Waals surface area contributed by atoms with Crippen LogP contribution in [0, 0.1) is 0 Å². The first kappa shape index (κ1) is 9.68. The van der Waals surface area contributed by atoms with Crippen molar-refractivity contribution >= 4 is 12.3 Å². The summed E-state index contributed by atoms with van der Waals surface area (Å²) in [6, 6.07) is 0. The minimum Gasteiger partial charge on any atom is -0.461 e. The van der Waals surface area contributed by atoms with Gasteiger partial charge in [0, 0.05) is 13.1 Å². The van der Waals surface area contributed by atoms with Crippen LogP contribution in [0.25, 0.3) is 0 Å². The van der Waals surface area contributed by atoms with Crippen molar-refractivity contribution in [3.05, 3.63) is 11.8 Å². The lowest BCUT2D eigenvalue weighted by Gasteiger charge is -1.98. The van der Waals surface area contributed by atoms with E-state index < -0.39 is 0 Å². The zero-order valence-electron chi connectivity index (χ0n) is 6.70. The quantitative estimate of drug-likeness (QED) is 0.366. The van der Waals surface area contributed by atoms with Crippen molar-refractivity contribution in [3.8, 4) is 0 Å². The van der Waals surface area contributed by atoms with Gasteiger partial charge in [-0.1, -0.05) is 0 Å². The highest BCUT2D eigenvalue weighted by molar-refractivity contribution is 5.66. The highest BCUT2D eigenvalue weighted by atomic mass is 16.5. The zero-order chi connectivity index (χ0) is 8.69. The second kappa shape index (κ2) is 5.46. The van der Waals surface area contributed by atoms with Gasteiger partial charge in [-0.15, -0.1) is 0 Å². The van der Waals surface area contributed by atoms with Gasteiger partial charge in [0.25, 0.3) is 0 Å². The van der Waals surface area contributed by atoms with Gasteiger partial charge in [-0.25, -0.2) is 4.99 Å². The maximum Gasteiger partial charge on any atom is 0.302 e. The molecule has 0 amide bonds. The Bertz CT molecular complexity index is 185. The summed E-state index contributed by atoms with van der Waals surface area (Å²) in [7, 11) is 0. The van der Waals surface area contributed by atoms with E-state index >= 15 is 0 Å². The third-order valence-corrected chi connectivity index (χ3v) is 0.884. The van der Waals surface area contributed by atoms with Gasteiger partial charge in [0.15, 0.2) is 0 Å². The lowest BCUT2D eigenvalue weighted by atomic mass is 10.4. The second-order valence-corrected chi connectivity index (χ2v) is 2.05. The molecule has 0 bridgehead atoms. The van der Waals surface area contributed by atoms with Crippen molar-refractivity contribution in [2.24, 2.45) is 10.7 Å². The highest BCUT2D eigenvalue weighted by Crippen LogP contribution is 1.93. The minimum atomic E-state index is -0.297. The van der Waals surface area contributed by atoms with Crippen molar-refractivity contribution in [2.45, 2.75) is 13.8 Å². The molecule has 0 fully saturated rings. The fraction of sp³-hybridized carbons (Fsp3) is 0.429. The summed E-state index contributed by atoms with van der Waals surface area (Å²) >= 11 is 0. The number of carbonyl (C=O) groups is 1. The molecule has 0 radical (unpaired) electrons. The van der Waals surface area contributed by atoms with Crippen LogP contribution >= 0.6 is 0 Å². The average molecular weight is 156 g/mol. The fourth-order valence-electron chi connectivity index (χ4n) is 0.423. The molecule has 0 spiro atoms. The van der Waals surface area contributed by atoms with Gasteiger partial charge in [0.1, 0.15) is 6.61 Å². The molecule has 0 rings (SSSR count). The Morgan fingerprint density at radius 2 is 2.27 bits per heavy atom. The summed E-state index contributed by atoms with van der Waals surface area (Å²) in [4.78, 5) is 14.0. The van der Waals surface area contributed by atoms with E-state index in [1.807, 2.05) is 0 Å². The predicted octanol–water partition coefficient (Wildman–Crippen LogP) is 0.440. The molecule has 62 valence electrons. The Kier molecular flexibility index (Phi) is 4.81. The number of aliphatic imine (C=N–C) groups is 1. The van der Waals surface area contributed by atoms with E-state index in [4.69, 9.17) is 5.73 Å². The number of hydrogen-bond acceptors (Lipinski definition) is 3. The first-order valence-corrected chi connectivity index (χ1v) is 3.19. The van der Waals surface area contributed by atoms with E-state index in [1.165, 1.54) is 13.3 Å². The average Bonchev–Trinajstić information content (AvgIpc) is 1.97. The predicted molar refractivity (Wildman–Crippen MR) is 43.1 cm³/mol.